The molecule has 2 fully saturated rings. The number of aromatic nitrogens is 2. The second-order valence-electron chi connectivity index (χ2n) is 10.1. The summed E-state index contributed by atoms with van der Waals surface area (Å²) in [7, 11) is -3.56. The van der Waals surface area contributed by atoms with E-state index in [1.54, 1.807) is 15.0 Å². The highest BCUT2D eigenvalue weighted by atomic mass is 32.2. The maximum atomic E-state index is 13.6. The van der Waals surface area contributed by atoms with Crippen LogP contribution in [0.15, 0.2) is 35.5 Å². The van der Waals surface area contributed by atoms with Crippen molar-refractivity contribution in [2.24, 2.45) is 0 Å². The van der Waals surface area contributed by atoms with Crippen LogP contribution in [0.3, 0.4) is 0 Å². The standard InChI is InChI=1S/C27H34N4O3S/c1-18-15-19(2)21(4)26(20(18)3)35(33,34)30-12-7-22(8-13-30)23-9-14-31-25(16-23)24(17-28-31)27(32)29-10-5-6-11-29/h9,14-17,22H,5-8,10-13H2,1-4H3. The van der Waals surface area contributed by atoms with Gasteiger partial charge in [-0.3, -0.25) is 4.79 Å². The van der Waals surface area contributed by atoms with Gasteiger partial charge in [0.2, 0.25) is 10.0 Å². The average molecular weight is 495 g/mol. The summed E-state index contributed by atoms with van der Waals surface area (Å²) in [6, 6.07) is 6.19. The molecule has 5 rings (SSSR count). The first-order valence-corrected chi connectivity index (χ1v) is 14.0. The Bertz CT molecular complexity index is 1370. The number of nitrogens with zero attached hydrogens (tertiary/aromatic N) is 4. The van der Waals surface area contributed by atoms with Gasteiger partial charge < -0.3 is 4.90 Å². The van der Waals surface area contributed by atoms with Gasteiger partial charge in [-0.2, -0.15) is 9.40 Å². The molecule has 0 spiro atoms. The molecule has 2 aliphatic heterocycles. The van der Waals surface area contributed by atoms with Gasteiger partial charge >= 0.3 is 0 Å². The van der Waals surface area contributed by atoms with E-state index in [0.29, 0.717) is 23.5 Å². The van der Waals surface area contributed by atoms with Crippen molar-refractivity contribution >= 4 is 21.4 Å². The molecule has 0 unspecified atom stereocenters. The topological polar surface area (TPSA) is 75.0 Å². The van der Waals surface area contributed by atoms with Crippen molar-refractivity contribution in [3.63, 3.8) is 0 Å². The number of pyridine rings is 1. The number of hydrogen-bond donors (Lipinski definition) is 0. The van der Waals surface area contributed by atoms with E-state index in [9.17, 15) is 13.2 Å². The fourth-order valence-corrected chi connectivity index (χ4v) is 7.68. The summed E-state index contributed by atoms with van der Waals surface area (Å²) in [6.07, 6.45) is 7.20. The van der Waals surface area contributed by atoms with E-state index in [1.807, 2.05) is 38.8 Å². The molecule has 0 bridgehead atoms. The number of carbonyl (C=O) groups excluding carboxylic acids is 1. The van der Waals surface area contributed by atoms with Gasteiger partial charge in [0.25, 0.3) is 5.91 Å². The van der Waals surface area contributed by atoms with Gasteiger partial charge in [0.1, 0.15) is 0 Å². The van der Waals surface area contributed by atoms with Crippen molar-refractivity contribution in [1.82, 2.24) is 18.8 Å². The summed E-state index contributed by atoms with van der Waals surface area (Å²) >= 11 is 0. The smallest absolute Gasteiger partial charge is 0.257 e. The molecule has 2 aromatic heterocycles. The maximum Gasteiger partial charge on any atom is 0.257 e. The summed E-state index contributed by atoms with van der Waals surface area (Å²) in [6.45, 7) is 10.4. The molecule has 0 saturated carbocycles. The highest BCUT2D eigenvalue weighted by Crippen LogP contribution is 2.34. The number of aryl methyl sites for hydroxylation is 2. The highest BCUT2D eigenvalue weighted by molar-refractivity contribution is 7.89. The monoisotopic (exact) mass is 494 g/mol. The van der Waals surface area contributed by atoms with E-state index < -0.39 is 10.0 Å². The summed E-state index contributed by atoms with van der Waals surface area (Å²) in [5, 5.41) is 4.39. The minimum Gasteiger partial charge on any atom is -0.339 e. The zero-order chi connectivity index (χ0) is 24.9. The minimum atomic E-state index is -3.56. The first-order valence-electron chi connectivity index (χ1n) is 12.5. The van der Waals surface area contributed by atoms with Crippen molar-refractivity contribution in [1.29, 1.82) is 0 Å². The van der Waals surface area contributed by atoms with E-state index in [0.717, 1.165) is 72.1 Å². The zero-order valence-electron chi connectivity index (χ0n) is 21.0. The van der Waals surface area contributed by atoms with E-state index in [-0.39, 0.29) is 11.8 Å². The van der Waals surface area contributed by atoms with Gasteiger partial charge in [-0.05, 0) is 99.2 Å². The Labute approximate surface area is 207 Å². The van der Waals surface area contributed by atoms with Crippen molar-refractivity contribution in [2.75, 3.05) is 26.2 Å². The normalized spacial score (nSPS) is 18.0. The van der Waals surface area contributed by atoms with Gasteiger partial charge in [0.05, 0.1) is 22.2 Å². The fourth-order valence-electron chi connectivity index (χ4n) is 5.63. The number of rotatable bonds is 4. The third-order valence-corrected chi connectivity index (χ3v) is 10.2. The summed E-state index contributed by atoms with van der Waals surface area (Å²) in [4.78, 5) is 15.4. The summed E-state index contributed by atoms with van der Waals surface area (Å²) in [5.41, 5.74) is 6.33. The molecular weight excluding hydrogens is 460 g/mol. The third kappa shape index (κ3) is 4.16. The number of fused-ring (bicyclic) bond motifs is 1. The summed E-state index contributed by atoms with van der Waals surface area (Å²) in [5.74, 6) is 0.298. The van der Waals surface area contributed by atoms with Crippen LogP contribution in [0.2, 0.25) is 0 Å². The van der Waals surface area contributed by atoms with Crippen molar-refractivity contribution < 1.29 is 13.2 Å². The molecule has 0 N–H and O–H groups in total. The molecule has 8 heteroatoms. The van der Waals surface area contributed by atoms with Crippen LogP contribution in [-0.2, 0) is 10.0 Å². The largest absolute Gasteiger partial charge is 0.339 e. The quantitative estimate of drug-likeness (QED) is 0.540. The van der Waals surface area contributed by atoms with Crippen LogP contribution in [-0.4, -0.2) is 59.3 Å². The van der Waals surface area contributed by atoms with E-state index >= 15 is 0 Å². The minimum absolute atomic E-state index is 0.0507. The van der Waals surface area contributed by atoms with Gasteiger partial charge in [0.15, 0.2) is 0 Å². The number of sulfonamides is 1. The van der Waals surface area contributed by atoms with Gasteiger partial charge in [0, 0.05) is 32.4 Å². The third-order valence-electron chi connectivity index (χ3n) is 7.99. The van der Waals surface area contributed by atoms with E-state index in [4.69, 9.17) is 0 Å². The maximum absolute atomic E-state index is 13.6. The molecule has 7 nitrogen and oxygen atoms in total. The number of piperidine rings is 1. The lowest BCUT2D eigenvalue weighted by molar-refractivity contribution is 0.0794. The van der Waals surface area contributed by atoms with Crippen LogP contribution in [0.4, 0.5) is 0 Å². The predicted octanol–water partition coefficient (Wildman–Crippen LogP) is 4.37. The fraction of sp³-hybridized carbons (Fsp3) is 0.481. The second-order valence-corrected chi connectivity index (χ2v) is 12.0. The summed E-state index contributed by atoms with van der Waals surface area (Å²) < 4.78 is 30.7. The number of carbonyl (C=O) groups is 1. The Morgan fingerprint density at radius 3 is 2.20 bits per heavy atom. The Morgan fingerprint density at radius 2 is 1.57 bits per heavy atom. The second kappa shape index (κ2) is 9.06. The van der Waals surface area contributed by atoms with Gasteiger partial charge in [-0.15, -0.1) is 0 Å². The number of hydrogen-bond acceptors (Lipinski definition) is 4. The van der Waals surface area contributed by atoms with Crippen molar-refractivity contribution in [3.05, 3.63) is 64.0 Å². The number of amides is 1. The lowest BCUT2D eigenvalue weighted by atomic mass is 9.90. The van der Waals surface area contributed by atoms with Crippen LogP contribution >= 0.6 is 0 Å². The molecule has 4 heterocycles. The molecule has 35 heavy (non-hydrogen) atoms. The van der Waals surface area contributed by atoms with Crippen LogP contribution in [0, 0.1) is 27.7 Å². The molecular formula is C27H34N4O3S. The molecule has 1 aromatic carbocycles. The lowest BCUT2D eigenvalue weighted by Crippen LogP contribution is -2.38. The van der Waals surface area contributed by atoms with Crippen LogP contribution in [0.5, 0.6) is 0 Å². The Morgan fingerprint density at radius 1 is 0.943 bits per heavy atom. The first kappa shape index (κ1) is 24.0. The number of benzene rings is 1. The SMILES string of the molecule is Cc1cc(C)c(C)c(S(=O)(=O)N2CCC(c3ccn4ncc(C(=O)N5CCCC5)c4c3)CC2)c1C. The number of likely N-dealkylation sites (tertiary alicyclic amines) is 1. The van der Waals surface area contributed by atoms with Crippen LogP contribution < -0.4 is 0 Å². The molecule has 186 valence electrons. The molecule has 2 aliphatic rings. The van der Waals surface area contributed by atoms with Crippen LogP contribution in [0.25, 0.3) is 5.52 Å². The molecule has 2 saturated heterocycles. The zero-order valence-corrected chi connectivity index (χ0v) is 21.9. The Balaban J connectivity index is 1.37. The van der Waals surface area contributed by atoms with E-state index in [2.05, 4.69) is 23.3 Å². The molecule has 0 atom stereocenters. The first-order chi connectivity index (χ1) is 16.7. The van der Waals surface area contributed by atoms with Crippen LogP contribution in [0.1, 0.15) is 69.8 Å². The molecule has 0 radical (unpaired) electrons. The van der Waals surface area contributed by atoms with Crippen molar-refractivity contribution in [2.45, 2.75) is 64.2 Å². The van der Waals surface area contributed by atoms with E-state index in [1.165, 1.54) is 0 Å². The Kier molecular flexibility index (Phi) is 6.21. The highest BCUT2D eigenvalue weighted by Gasteiger charge is 2.33. The average Bonchev–Trinajstić information content (AvgIpc) is 3.52. The van der Waals surface area contributed by atoms with Gasteiger partial charge in [-0.25, -0.2) is 12.9 Å². The Hall–Kier alpha value is -2.71. The lowest BCUT2D eigenvalue weighted by Gasteiger charge is -2.32. The molecule has 0 aliphatic carbocycles. The predicted molar refractivity (Wildman–Crippen MR) is 136 cm³/mol. The molecule has 3 aromatic rings. The van der Waals surface area contributed by atoms with Crippen molar-refractivity contribution in [3.8, 4) is 0 Å². The molecule has 1 amide bonds. The van der Waals surface area contributed by atoms with Gasteiger partial charge in [-0.1, -0.05) is 6.07 Å².